The van der Waals surface area contributed by atoms with E-state index in [2.05, 4.69) is 21.2 Å². The van der Waals surface area contributed by atoms with Crippen LogP contribution in [0.2, 0.25) is 0 Å². The third-order valence-corrected chi connectivity index (χ3v) is 3.11. The third-order valence-electron chi connectivity index (χ3n) is 1.82. The van der Waals surface area contributed by atoms with Crippen LogP contribution in [0.3, 0.4) is 0 Å². The molecule has 0 radical (unpaired) electrons. The Hall–Kier alpha value is -0.170. The fourth-order valence-electron chi connectivity index (χ4n) is 1.11. The van der Waals surface area contributed by atoms with Gasteiger partial charge in [-0.15, -0.1) is 5.10 Å². The molecule has 0 aliphatic carbocycles. The van der Waals surface area contributed by atoms with Gasteiger partial charge in [-0.25, -0.2) is 0 Å². The predicted octanol–water partition coefficient (Wildman–Crippen LogP) is 0.742. The summed E-state index contributed by atoms with van der Waals surface area (Å²) in [6, 6.07) is 0.358. The zero-order valence-corrected chi connectivity index (χ0v) is 9.77. The van der Waals surface area contributed by atoms with E-state index in [1.165, 1.54) is 11.5 Å². The van der Waals surface area contributed by atoms with Crippen molar-refractivity contribution in [1.82, 2.24) is 14.9 Å². The Morgan fingerprint density at radius 3 is 3.14 bits per heavy atom. The van der Waals surface area contributed by atoms with E-state index < -0.39 is 0 Å². The quantitative estimate of drug-likeness (QED) is 0.727. The highest BCUT2D eigenvalue weighted by Gasteiger charge is 2.07. The molecule has 0 aliphatic rings. The molecule has 0 saturated carbocycles. The van der Waals surface area contributed by atoms with Crippen LogP contribution in [-0.2, 0) is 6.54 Å². The molecule has 6 heteroatoms. The first-order chi connectivity index (χ1) is 6.86. The van der Waals surface area contributed by atoms with Gasteiger partial charge in [0.05, 0.1) is 5.69 Å². The van der Waals surface area contributed by atoms with Crippen molar-refractivity contribution in [1.29, 1.82) is 0 Å². The average Bonchev–Trinajstić information content (AvgIpc) is 2.67. The zero-order valence-electron chi connectivity index (χ0n) is 8.14. The molecule has 1 rings (SSSR count). The number of hydrogen-bond donors (Lipinski definition) is 2. The predicted molar refractivity (Wildman–Crippen MR) is 60.6 cm³/mol. The van der Waals surface area contributed by atoms with Gasteiger partial charge in [0.2, 0.25) is 0 Å². The molecule has 1 aromatic heterocycles. The Morgan fingerprint density at radius 2 is 2.57 bits per heavy atom. The van der Waals surface area contributed by atoms with Gasteiger partial charge in [0.1, 0.15) is 0 Å². The number of nitrogens with one attached hydrogen (secondary N) is 1. The highest BCUT2D eigenvalue weighted by atomic mass is 32.2. The molecule has 1 atom stereocenters. The fraction of sp³-hybridized carbons (Fsp3) is 0.750. The maximum absolute atomic E-state index is 8.85. The molecule has 0 spiro atoms. The van der Waals surface area contributed by atoms with Gasteiger partial charge in [0, 0.05) is 30.3 Å². The van der Waals surface area contributed by atoms with E-state index in [0.29, 0.717) is 6.04 Å². The Bertz CT molecular complexity index is 225. The zero-order chi connectivity index (χ0) is 10.2. The summed E-state index contributed by atoms with van der Waals surface area (Å²) in [4.78, 5) is 0. The van der Waals surface area contributed by atoms with Crippen molar-refractivity contribution in [3.8, 4) is 0 Å². The van der Waals surface area contributed by atoms with E-state index in [1.54, 1.807) is 11.8 Å². The van der Waals surface area contributed by atoms with Crippen LogP contribution in [0.15, 0.2) is 5.38 Å². The molecule has 2 N–H and O–H groups in total. The van der Waals surface area contributed by atoms with E-state index in [1.807, 2.05) is 5.38 Å². The first-order valence-corrected chi connectivity index (χ1v) is 6.69. The molecule has 4 nitrogen and oxygen atoms in total. The van der Waals surface area contributed by atoms with Crippen LogP contribution in [0.25, 0.3) is 0 Å². The lowest BCUT2D eigenvalue weighted by Gasteiger charge is -2.15. The van der Waals surface area contributed by atoms with Crippen molar-refractivity contribution in [2.75, 3.05) is 18.6 Å². The highest BCUT2D eigenvalue weighted by molar-refractivity contribution is 7.98. The van der Waals surface area contributed by atoms with Gasteiger partial charge in [-0.1, -0.05) is 4.49 Å². The number of aliphatic hydroxyl groups excluding tert-OH is 1. The lowest BCUT2D eigenvalue weighted by atomic mass is 10.2. The van der Waals surface area contributed by atoms with Gasteiger partial charge in [-0.3, -0.25) is 0 Å². The smallest absolute Gasteiger partial charge is 0.0893 e. The monoisotopic (exact) mass is 233 g/mol. The van der Waals surface area contributed by atoms with Crippen molar-refractivity contribution < 1.29 is 5.11 Å². The van der Waals surface area contributed by atoms with Crippen molar-refractivity contribution in [2.24, 2.45) is 0 Å². The van der Waals surface area contributed by atoms with Crippen LogP contribution in [0, 0.1) is 0 Å². The fourth-order valence-corrected chi connectivity index (χ4v) is 2.25. The number of rotatable bonds is 7. The summed E-state index contributed by atoms with van der Waals surface area (Å²) in [6.45, 7) is 0.968. The molecule has 1 unspecified atom stereocenters. The second kappa shape index (κ2) is 7.17. The van der Waals surface area contributed by atoms with Crippen molar-refractivity contribution in [2.45, 2.75) is 19.0 Å². The van der Waals surface area contributed by atoms with Crippen LogP contribution in [-0.4, -0.2) is 39.4 Å². The molecule has 14 heavy (non-hydrogen) atoms. The van der Waals surface area contributed by atoms with Crippen molar-refractivity contribution in [3.63, 3.8) is 0 Å². The standard InChI is InChI=1S/C8H15N3OS2/c1-13-5-7(2-3-12)9-4-8-6-14-11-10-8/h6-7,9,12H,2-5H2,1H3. The van der Waals surface area contributed by atoms with E-state index >= 15 is 0 Å². The summed E-state index contributed by atoms with van der Waals surface area (Å²) >= 11 is 3.14. The topological polar surface area (TPSA) is 58.0 Å². The molecule has 0 fully saturated rings. The summed E-state index contributed by atoms with van der Waals surface area (Å²) in [5.74, 6) is 1.01. The van der Waals surface area contributed by atoms with Crippen LogP contribution < -0.4 is 5.32 Å². The first kappa shape index (κ1) is 11.9. The van der Waals surface area contributed by atoms with Gasteiger partial charge in [-0.05, 0) is 24.2 Å². The lowest BCUT2D eigenvalue weighted by Crippen LogP contribution is -2.31. The van der Waals surface area contributed by atoms with E-state index in [-0.39, 0.29) is 6.61 Å². The van der Waals surface area contributed by atoms with Gasteiger partial charge in [0.25, 0.3) is 0 Å². The molecule has 80 valence electrons. The maximum atomic E-state index is 8.85. The average molecular weight is 233 g/mol. The van der Waals surface area contributed by atoms with Gasteiger partial charge in [-0.2, -0.15) is 11.8 Å². The van der Waals surface area contributed by atoms with Crippen molar-refractivity contribution in [3.05, 3.63) is 11.1 Å². The number of aromatic nitrogens is 2. The molecule has 1 aromatic rings. The Labute approximate surface area is 92.3 Å². The molecule has 0 aliphatic heterocycles. The second-order valence-corrected chi connectivity index (χ2v) is 4.46. The Kier molecular flexibility index (Phi) is 6.09. The van der Waals surface area contributed by atoms with Gasteiger partial charge in [0.15, 0.2) is 0 Å². The van der Waals surface area contributed by atoms with Crippen LogP contribution in [0.4, 0.5) is 0 Å². The van der Waals surface area contributed by atoms with Crippen LogP contribution >= 0.6 is 23.3 Å². The highest BCUT2D eigenvalue weighted by Crippen LogP contribution is 2.03. The van der Waals surface area contributed by atoms with E-state index in [9.17, 15) is 0 Å². The number of aliphatic hydroxyl groups is 1. The first-order valence-electron chi connectivity index (χ1n) is 4.46. The third kappa shape index (κ3) is 4.36. The minimum atomic E-state index is 0.230. The number of nitrogens with zero attached hydrogens (tertiary/aromatic N) is 2. The molecular formula is C8H15N3OS2. The Morgan fingerprint density at radius 1 is 1.71 bits per heavy atom. The van der Waals surface area contributed by atoms with E-state index in [0.717, 1.165) is 24.4 Å². The maximum Gasteiger partial charge on any atom is 0.0893 e. The molecule has 0 amide bonds. The second-order valence-electron chi connectivity index (χ2n) is 2.94. The van der Waals surface area contributed by atoms with Crippen LogP contribution in [0.1, 0.15) is 12.1 Å². The summed E-state index contributed by atoms with van der Waals surface area (Å²) < 4.78 is 3.79. The molecule has 1 heterocycles. The minimum absolute atomic E-state index is 0.230. The summed E-state index contributed by atoms with van der Waals surface area (Å²) in [5, 5.41) is 18.1. The summed E-state index contributed by atoms with van der Waals surface area (Å²) in [5.41, 5.74) is 0.971. The molecule has 0 saturated heterocycles. The van der Waals surface area contributed by atoms with Gasteiger partial charge < -0.3 is 10.4 Å². The summed E-state index contributed by atoms with van der Waals surface area (Å²) in [6.07, 6.45) is 2.86. The van der Waals surface area contributed by atoms with Crippen molar-refractivity contribution >= 4 is 23.3 Å². The summed E-state index contributed by atoms with van der Waals surface area (Å²) in [7, 11) is 0. The van der Waals surface area contributed by atoms with Gasteiger partial charge >= 0.3 is 0 Å². The minimum Gasteiger partial charge on any atom is -0.396 e. The Balaban J connectivity index is 2.25. The molecule has 0 aromatic carbocycles. The number of hydrogen-bond acceptors (Lipinski definition) is 6. The largest absolute Gasteiger partial charge is 0.396 e. The molecule has 0 bridgehead atoms. The van der Waals surface area contributed by atoms with Crippen LogP contribution in [0.5, 0.6) is 0 Å². The normalized spacial score (nSPS) is 13.0. The lowest BCUT2D eigenvalue weighted by molar-refractivity contribution is 0.269. The number of thioether (sulfide) groups is 1. The van der Waals surface area contributed by atoms with E-state index in [4.69, 9.17) is 5.11 Å². The SMILES string of the molecule is CSCC(CCO)NCc1csnn1. The molecular weight excluding hydrogens is 218 g/mol.